The number of benzene rings is 2. The van der Waals surface area contributed by atoms with Gasteiger partial charge in [-0.2, -0.15) is 5.10 Å². The van der Waals surface area contributed by atoms with Gasteiger partial charge < -0.3 is 0 Å². The average Bonchev–Trinajstić information content (AvgIpc) is 2.67. The maximum absolute atomic E-state index is 12.4. The second kappa shape index (κ2) is 7.96. The lowest BCUT2D eigenvalue weighted by atomic mass is 9.85. The van der Waals surface area contributed by atoms with E-state index in [0.29, 0.717) is 11.5 Å². The van der Waals surface area contributed by atoms with Crippen molar-refractivity contribution in [3.8, 4) is 11.1 Å². The van der Waals surface area contributed by atoms with E-state index in [-0.39, 0.29) is 5.91 Å². The van der Waals surface area contributed by atoms with Crippen LogP contribution in [0.3, 0.4) is 0 Å². The lowest BCUT2D eigenvalue weighted by molar-refractivity contribution is 0.0954. The van der Waals surface area contributed by atoms with E-state index < -0.39 is 0 Å². The first-order valence-electron chi connectivity index (χ1n) is 8.89. The summed E-state index contributed by atoms with van der Waals surface area (Å²) in [6.45, 7) is 8.12. The van der Waals surface area contributed by atoms with Gasteiger partial charge in [0.15, 0.2) is 0 Å². The highest BCUT2D eigenvalue weighted by Crippen LogP contribution is 2.26. The third-order valence-corrected chi connectivity index (χ3v) is 4.85. The van der Waals surface area contributed by atoms with Crippen molar-refractivity contribution in [1.29, 1.82) is 0 Å². The molecule has 1 aliphatic carbocycles. The summed E-state index contributed by atoms with van der Waals surface area (Å²) in [5.74, 6) is 0.210. The average molecular weight is 344 g/mol. The quantitative estimate of drug-likeness (QED) is 0.588. The van der Waals surface area contributed by atoms with Crippen LogP contribution in [-0.2, 0) is 0 Å². The second-order valence-electron chi connectivity index (χ2n) is 6.81. The van der Waals surface area contributed by atoms with Crippen molar-refractivity contribution >= 4 is 11.6 Å². The lowest BCUT2D eigenvalue weighted by Crippen LogP contribution is -2.23. The maximum atomic E-state index is 12.4. The van der Waals surface area contributed by atoms with Gasteiger partial charge in [0.05, 0.1) is 5.71 Å². The van der Waals surface area contributed by atoms with Crippen molar-refractivity contribution in [2.24, 2.45) is 11.0 Å². The minimum atomic E-state index is -0.192. The summed E-state index contributed by atoms with van der Waals surface area (Å²) in [6, 6.07) is 17.7. The van der Waals surface area contributed by atoms with Crippen LogP contribution < -0.4 is 5.43 Å². The molecule has 3 nitrogen and oxygen atoms in total. The van der Waals surface area contributed by atoms with E-state index in [4.69, 9.17) is 0 Å². The maximum Gasteiger partial charge on any atom is 0.271 e. The molecule has 132 valence electrons. The van der Waals surface area contributed by atoms with Gasteiger partial charge in [-0.15, -0.1) is 0 Å². The van der Waals surface area contributed by atoms with Gasteiger partial charge in [0, 0.05) is 5.56 Å². The molecule has 3 rings (SSSR count). The number of carbonyl (C=O) groups excluding carboxylic acids is 1. The number of nitrogens with zero attached hydrogens (tertiary/aromatic N) is 1. The minimum absolute atomic E-state index is 0.192. The van der Waals surface area contributed by atoms with Crippen molar-refractivity contribution in [1.82, 2.24) is 5.43 Å². The number of rotatable bonds is 4. The number of nitrogens with one attached hydrogen (secondary N) is 1. The Kier molecular flexibility index (Phi) is 5.47. The fourth-order valence-corrected chi connectivity index (χ4v) is 3.05. The Labute approximate surface area is 155 Å². The van der Waals surface area contributed by atoms with Crippen molar-refractivity contribution in [3.05, 3.63) is 84.0 Å². The van der Waals surface area contributed by atoms with E-state index >= 15 is 0 Å². The zero-order valence-corrected chi connectivity index (χ0v) is 15.3. The summed E-state index contributed by atoms with van der Waals surface area (Å²) < 4.78 is 0. The first-order chi connectivity index (χ1) is 12.5. The fraction of sp³-hybridized carbons (Fsp3) is 0.217. The molecule has 0 unspecified atom stereocenters. The molecule has 0 aromatic heterocycles. The Balaban J connectivity index is 1.69. The van der Waals surface area contributed by atoms with E-state index in [9.17, 15) is 4.79 Å². The van der Waals surface area contributed by atoms with Gasteiger partial charge in [-0.3, -0.25) is 4.79 Å². The molecule has 0 radical (unpaired) electrons. The smallest absolute Gasteiger partial charge is 0.267 e. The molecule has 1 atom stereocenters. The summed E-state index contributed by atoms with van der Waals surface area (Å²) in [5, 5.41) is 4.36. The molecular weight excluding hydrogens is 320 g/mol. The molecule has 0 aliphatic heterocycles. The van der Waals surface area contributed by atoms with E-state index in [1.54, 1.807) is 0 Å². The van der Waals surface area contributed by atoms with Gasteiger partial charge >= 0.3 is 0 Å². The number of hydrogen-bond donors (Lipinski definition) is 1. The first kappa shape index (κ1) is 17.9. The van der Waals surface area contributed by atoms with Gasteiger partial charge in [-0.25, -0.2) is 5.43 Å². The number of allylic oxidation sites excluding steroid dienone is 3. The molecule has 1 N–H and O–H groups in total. The van der Waals surface area contributed by atoms with Crippen LogP contribution in [-0.4, -0.2) is 11.6 Å². The van der Waals surface area contributed by atoms with Crippen molar-refractivity contribution in [2.45, 2.75) is 26.7 Å². The van der Waals surface area contributed by atoms with Crippen molar-refractivity contribution in [2.75, 3.05) is 0 Å². The molecule has 0 heterocycles. The molecule has 0 spiro atoms. The van der Waals surface area contributed by atoms with Gasteiger partial charge in [0.2, 0.25) is 0 Å². The van der Waals surface area contributed by atoms with Gasteiger partial charge in [-0.1, -0.05) is 60.7 Å². The Morgan fingerprint density at radius 1 is 1.08 bits per heavy atom. The molecule has 0 saturated heterocycles. The summed E-state index contributed by atoms with van der Waals surface area (Å²) >= 11 is 0. The van der Waals surface area contributed by atoms with Crippen LogP contribution in [0.25, 0.3) is 11.1 Å². The molecule has 1 amide bonds. The van der Waals surface area contributed by atoms with Crippen LogP contribution in [0.2, 0.25) is 0 Å². The predicted octanol–water partition coefficient (Wildman–Crippen LogP) is 5.37. The highest BCUT2D eigenvalue weighted by molar-refractivity contribution is 6.02. The first-order valence-corrected chi connectivity index (χ1v) is 8.89. The molecule has 2 aromatic rings. The molecule has 1 aliphatic rings. The van der Waals surface area contributed by atoms with E-state index in [0.717, 1.165) is 40.8 Å². The fourth-order valence-electron chi connectivity index (χ4n) is 3.05. The Morgan fingerprint density at radius 2 is 1.73 bits per heavy atom. The number of carbonyl (C=O) groups is 1. The van der Waals surface area contributed by atoms with Crippen molar-refractivity contribution < 1.29 is 4.79 Å². The number of hydrogen-bond acceptors (Lipinski definition) is 2. The monoisotopic (exact) mass is 344 g/mol. The standard InChI is InChI=1S/C23H24N2O/c1-16(2)21-10-9-17(3)22(15-21)24-25-23(26)20-13-11-19(12-14-20)18-7-5-4-6-8-18/h4-9,11-14,21H,1,10,15H2,2-3H3,(H,25,26)/b24-22+/t21-/m1/s1. The van der Waals surface area contributed by atoms with Gasteiger partial charge in [0.25, 0.3) is 5.91 Å². The van der Waals surface area contributed by atoms with Crippen LogP contribution in [0.5, 0.6) is 0 Å². The molecular formula is C23H24N2O. The van der Waals surface area contributed by atoms with Crippen LogP contribution >= 0.6 is 0 Å². The second-order valence-corrected chi connectivity index (χ2v) is 6.81. The molecule has 3 heteroatoms. The zero-order chi connectivity index (χ0) is 18.5. The molecule has 2 aromatic carbocycles. The number of amides is 1. The van der Waals surface area contributed by atoms with Crippen LogP contribution in [0, 0.1) is 5.92 Å². The lowest BCUT2D eigenvalue weighted by Gasteiger charge is -2.22. The Bertz CT molecular complexity index is 861. The normalized spacial score (nSPS) is 18.3. The highest BCUT2D eigenvalue weighted by Gasteiger charge is 2.19. The summed E-state index contributed by atoms with van der Waals surface area (Å²) in [5.41, 5.74) is 8.73. The van der Waals surface area contributed by atoms with Gasteiger partial charge in [-0.05, 0) is 61.4 Å². The zero-order valence-electron chi connectivity index (χ0n) is 15.3. The van der Waals surface area contributed by atoms with Crippen LogP contribution in [0.1, 0.15) is 37.0 Å². The van der Waals surface area contributed by atoms with Crippen molar-refractivity contribution in [3.63, 3.8) is 0 Å². The minimum Gasteiger partial charge on any atom is -0.267 e. The Hall–Kier alpha value is -2.94. The SMILES string of the molecule is C=C(C)[C@@H]1CC=C(C)/C(=N/NC(=O)c2ccc(-c3ccccc3)cc2)C1. The summed E-state index contributed by atoms with van der Waals surface area (Å²) in [6.07, 6.45) is 3.99. The summed E-state index contributed by atoms with van der Waals surface area (Å²) in [7, 11) is 0. The van der Waals surface area contributed by atoms with E-state index in [1.807, 2.05) is 56.3 Å². The third-order valence-electron chi connectivity index (χ3n) is 4.85. The van der Waals surface area contributed by atoms with Gasteiger partial charge in [0.1, 0.15) is 0 Å². The summed E-state index contributed by atoms with van der Waals surface area (Å²) in [4.78, 5) is 12.4. The molecule has 0 fully saturated rings. The van der Waals surface area contributed by atoms with E-state index in [1.165, 1.54) is 0 Å². The highest BCUT2D eigenvalue weighted by atomic mass is 16.2. The molecule has 0 saturated carbocycles. The molecule has 26 heavy (non-hydrogen) atoms. The number of hydrazone groups is 1. The predicted molar refractivity (Wildman–Crippen MR) is 108 cm³/mol. The van der Waals surface area contributed by atoms with E-state index in [2.05, 4.69) is 35.3 Å². The Morgan fingerprint density at radius 3 is 2.38 bits per heavy atom. The molecule has 0 bridgehead atoms. The third kappa shape index (κ3) is 4.17. The van der Waals surface area contributed by atoms with Crippen LogP contribution in [0.15, 0.2) is 83.5 Å². The van der Waals surface area contributed by atoms with Crippen LogP contribution in [0.4, 0.5) is 0 Å². The topological polar surface area (TPSA) is 41.5 Å². The largest absolute Gasteiger partial charge is 0.271 e.